The zero-order valence-electron chi connectivity index (χ0n) is 12.9. The van der Waals surface area contributed by atoms with Crippen LogP contribution in [0.25, 0.3) is 0 Å². The van der Waals surface area contributed by atoms with Gasteiger partial charge in [-0.1, -0.05) is 18.0 Å². The fraction of sp³-hybridized carbons (Fsp3) is 0.500. The van der Waals surface area contributed by atoms with Crippen molar-refractivity contribution in [1.29, 1.82) is 0 Å². The number of hydrogen-bond donors (Lipinski definition) is 1. The molecule has 2 amide bonds. The Morgan fingerprint density at radius 1 is 1.45 bits per heavy atom. The maximum Gasteiger partial charge on any atom is 0.225 e. The number of halogens is 1. The Balaban J connectivity index is 1.97. The number of nitrogens with one attached hydrogen (secondary N) is 1. The van der Waals surface area contributed by atoms with Crippen LogP contribution in [-0.2, 0) is 9.59 Å². The molecule has 22 heavy (non-hydrogen) atoms. The molecule has 2 rings (SSSR count). The van der Waals surface area contributed by atoms with Crippen molar-refractivity contribution in [2.45, 2.75) is 25.7 Å². The Kier molecular flexibility index (Phi) is 5.66. The number of methoxy groups -OCH3 is 1. The second kappa shape index (κ2) is 7.49. The maximum absolute atomic E-state index is 12.2. The summed E-state index contributed by atoms with van der Waals surface area (Å²) >= 11 is 6.03. The molecule has 1 aliphatic heterocycles. The quantitative estimate of drug-likeness (QED) is 0.926. The molecule has 0 bridgehead atoms. The van der Waals surface area contributed by atoms with Gasteiger partial charge in [0.2, 0.25) is 11.8 Å². The summed E-state index contributed by atoms with van der Waals surface area (Å²) in [4.78, 5) is 26.1. The fourth-order valence-electron chi connectivity index (χ4n) is 2.65. The van der Waals surface area contributed by atoms with Gasteiger partial charge in [0.15, 0.2) is 0 Å². The lowest BCUT2D eigenvalue weighted by atomic mass is 9.98. The molecule has 0 aliphatic carbocycles. The standard InChI is InChI=1S/C16H21ClN2O3/c1-19-8-4-3-5-11(16(19)21)9-15(20)18-12-6-7-14(22-2)13(17)10-12/h6-7,10-11H,3-5,8-9H2,1-2H3,(H,18,20). The molecule has 0 radical (unpaired) electrons. The molecule has 120 valence electrons. The number of rotatable bonds is 4. The van der Waals surface area contributed by atoms with E-state index in [1.165, 1.54) is 7.11 Å². The smallest absolute Gasteiger partial charge is 0.225 e. The molecule has 0 saturated carbocycles. The molecule has 1 aromatic carbocycles. The largest absolute Gasteiger partial charge is 0.495 e. The average Bonchev–Trinajstić information content (AvgIpc) is 2.63. The van der Waals surface area contributed by atoms with Gasteiger partial charge < -0.3 is 15.0 Å². The molecule has 1 atom stereocenters. The molecule has 6 heteroatoms. The van der Waals surface area contributed by atoms with Crippen molar-refractivity contribution in [2.75, 3.05) is 26.0 Å². The van der Waals surface area contributed by atoms with Crippen molar-refractivity contribution in [2.24, 2.45) is 5.92 Å². The number of nitrogens with zero attached hydrogens (tertiary/aromatic N) is 1. The van der Waals surface area contributed by atoms with E-state index in [0.717, 1.165) is 25.8 Å². The number of likely N-dealkylation sites (tertiary alicyclic amines) is 1. The lowest BCUT2D eigenvalue weighted by Crippen LogP contribution is -2.33. The summed E-state index contributed by atoms with van der Waals surface area (Å²) in [5, 5.41) is 3.22. The summed E-state index contributed by atoms with van der Waals surface area (Å²) in [6.07, 6.45) is 2.93. The predicted molar refractivity (Wildman–Crippen MR) is 86.2 cm³/mol. The SMILES string of the molecule is COc1ccc(NC(=O)CC2CCCCN(C)C2=O)cc1Cl. The van der Waals surface area contributed by atoms with Gasteiger partial charge in [0.1, 0.15) is 5.75 Å². The molecule has 1 heterocycles. The molecule has 1 fully saturated rings. The first-order chi connectivity index (χ1) is 10.5. The van der Waals surface area contributed by atoms with Crippen LogP contribution >= 0.6 is 11.6 Å². The van der Waals surface area contributed by atoms with Crippen molar-refractivity contribution in [3.05, 3.63) is 23.2 Å². The Hall–Kier alpha value is -1.75. The van der Waals surface area contributed by atoms with E-state index in [1.807, 2.05) is 0 Å². The van der Waals surface area contributed by atoms with E-state index in [9.17, 15) is 9.59 Å². The summed E-state index contributed by atoms with van der Waals surface area (Å²) in [6, 6.07) is 5.06. The molecule has 1 aliphatic rings. The third kappa shape index (κ3) is 4.13. The van der Waals surface area contributed by atoms with E-state index in [1.54, 1.807) is 30.1 Å². The van der Waals surface area contributed by atoms with Gasteiger partial charge in [0.25, 0.3) is 0 Å². The molecule has 1 N–H and O–H groups in total. The van der Waals surface area contributed by atoms with E-state index in [4.69, 9.17) is 16.3 Å². The molecular formula is C16H21ClN2O3. The highest BCUT2D eigenvalue weighted by Gasteiger charge is 2.26. The molecule has 0 spiro atoms. The van der Waals surface area contributed by atoms with Gasteiger partial charge in [-0.3, -0.25) is 9.59 Å². The number of carbonyl (C=O) groups is 2. The van der Waals surface area contributed by atoms with Crippen LogP contribution in [0.4, 0.5) is 5.69 Å². The Morgan fingerprint density at radius 2 is 2.23 bits per heavy atom. The average molecular weight is 325 g/mol. The van der Waals surface area contributed by atoms with Crippen molar-refractivity contribution in [3.63, 3.8) is 0 Å². The molecule has 5 nitrogen and oxygen atoms in total. The zero-order valence-corrected chi connectivity index (χ0v) is 13.7. The fourth-order valence-corrected chi connectivity index (χ4v) is 2.91. The second-order valence-electron chi connectivity index (χ2n) is 5.55. The summed E-state index contributed by atoms with van der Waals surface area (Å²) in [6.45, 7) is 0.769. The third-order valence-electron chi connectivity index (χ3n) is 3.89. The van der Waals surface area contributed by atoms with E-state index < -0.39 is 0 Å². The lowest BCUT2D eigenvalue weighted by Gasteiger charge is -2.19. The Labute approximate surface area is 135 Å². The first kappa shape index (κ1) is 16.6. The van der Waals surface area contributed by atoms with Crippen LogP contribution in [0.5, 0.6) is 5.75 Å². The number of anilines is 1. The Morgan fingerprint density at radius 3 is 2.91 bits per heavy atom. The van der Waals surface area contributed by atoms with Crippen molar-refractivity contribution < 1.29 is 14.3 Å². The number of carbonyl (C=O) groups excluding carboxylic acids is 2. The van der Waals surface area contributed by atoms with Crippen molar-refractivity contribution >= 4 is 29.1 Å². The van der Waals surface area contributed by atoms with E-state index in [2.05, 4.69) is 5.32 Å². The Bertz CT molecular complexity index is 562. The molecular weight excluding hydrogens is 304 g/mol. The molecule has 1 saturated heterocycles. The van der Waals surface area contributed by atoms with Gasteiger partial charge in [0, 0.05) is 31.6 Å². The van der Waals surface area contributed by atoms with Gasteiger partial charge in [-0.2, -0.15) is 0 Å². The molecule has 1 unspecified atom stereocenters. The lowest BCUT2D eigenvalue weighted by molar-refractivity contribution is -0.135. The number of benzene rings is 1. The van der Waals surface area contributed by atoms with Crippen molar-refractivity contribution in [3.8, 4) is 5.75 Å². The van der Waals surface area contributed by atoms with Crippen LogP contribution in [0.2, 0.25) is 5.02 Å². The minimum Gasteiger partial charge on any atom is -0.495 e. The maximum atomic E-state index is 12.2. The predicted octanol–water partition coefficient (Wildman–Crippen LogP) is 2.94. The van der Waals surface area contributed by atoms with Crippen LogP contribution in [0.1, 0.15) is 25.7 Å². The second-order valence-corrected chi connectivity index (χ2v) is 5.96. The van der Waals surface area contributed by atoms with Crippen LogP contribution in [-0.4, -0.2) is 37.4 Å². The summed E-state index contributed by atoms with van der Waals surface area (Å²) in [5.74, 6) is 0.205. The van der Waals surface area contributed by atoms with Gasteiger partial charge in [-0.15, -0.1) is 0 Å². The zero-order chi connectivity index (χ0) is 16.1. The first-order valence-corrected chi connectivity index (χ1v) is 7.77. The van der Waals surface area contributed by atoms with Crippen LogP contribution in [0.3, 0.4) is 0 Å². The summed E-state index contributed by atoms with van der Waals surface area (Å²) in [5.41, 5.74) is 0.602. The van der Waals surface area contributed by atoms with Crippen LogP contribution < -0.4 is 10.1 Å². The number of amides is 2. The van der Waals surface area contributed by atoms with Gasteiger partial charge in [0.05, 0.1) is 12.1 Å². The van der Waals surface area contributed by atoms with E-state index in [0.29, 0.717) is 16.5 Å². The van der Waals surface area contributed by atoms with Gasteiger partial charge >= 0.3 is 0 Å². The monoisotopic (exact) mass is 324 g/mol. The highest BCUT2D eigenvalue weighted by Crippen LogP contribution is 2.27. The summed E-state index contributed by atoms with van der Waals surface area (Å²) in [7, 11) is 3.33. The van der Waals surface area contributed by atoms with Crippen LogP contribution in [0.15, 0.2) is 18.2 Å². The highest BCUT2D eigenvalue weighted by molar-refractivity contribution is 6.32. The topological polar surface area (TPSA) is 58.6 Å². The van der Waals surface area contributed by atoms with E-state index in [-0.39, 0.29) is 24.2 Å². The minimum absolute atomic E-state index is 0.0559. The minimum atomic E-state index is -0.235. The molecule has 1 aromatic rings. The van der Waals surface area contributed by atoms with Crippen LogP contribution in [0, 0.1) is 5.92 Å². The van der Waals surface area contributed by atoms with Gasteiger partial charge in [-0.25, -0.2) is 0 Å². The van der Waals surface area contributed by atoms with E-state index >= 15 is 0 Å². The van der Waals surface area contributed by atoms with Gasteiger partial charge in [-0.05, 0) is 31.0 Å². The summed E-state index contributed by atoms with van der Waals surface area (Å²) < 4.78 is 5.07. The molecule has 0 aromatic heterocycles. The highest BCUT2D eigenvalue weighted by atomic mass is 35.5. The normalized spacial score (nSPS) is 18.8. The number of ether oxygens (including phenoxy) is 1. The number of hydrogen-bond acceptors (Lipinski definition) is 3. The van der Waals surface area contributed by atoms with Crippen molar-refractivity contribution in [1.82, 2.24) is 4.90 Å². The first-order valence-electron chi connectivity index (χ1n) is 7.39. The third-order valence-corrected chi connectivity index (χ3v) is 4.18.